The molecular weight excluding hydrogens is 352 g/mol. The van der Waals surface area contributed by atoms with Crippen molar-refractivity contribution in [3.63, 3.8) is 0 Å². The summed E-state index contributed by atoms with van der Waals surface area (Å²) < 4.78 is 31.0. The van der Waals surface area contributed by atoms with Crippen LogP contribution in [-0.2, 0) is 14.8 Å². The third kappa shape index (κ3) is 4.16. The molecule has 138 valence electrons. The fourth-order valence-corrected chi connectivity index (χ4v) is 4.40. The van der Waals surface area contributed by atoms with Crippen LogP contribution in [0, 0.1) is 6.92 Å². The Morgan fingerprint density at radius 2 is 1.92 bits per heavy atom. The first kappa shape index (κ1) is 18.3. The molecule has 2 aromatic rings. The minimum absolute atomic E-state index is 0.180. The van der Waals surface area contributed by atoms with Crippen LogP contribution in [0.4, 0.5) is 11.4 Å². The molecule has 1 N–H and O–H groups in total. The van der Waals surface area contributed by atoms with Gasteiger partial charge in [-0.2, -0.15) is 0 Å². The van der Waals surface area contributed by atoms with Crippen molar-refractivity contribution >= 4 is 27.3 Å². The van der Waals surface area contributed by atoms with Gasteiger partial charge in [0.2, 0.25) is 10.0 Å². The summed E-state index contributed by atoms with van der Waals surface area (Å²) >= 11 is 0. The lowest BCUT2D eigenvalue weighted by Gasteiger charge is -2.18. The molecule has 6 nitrogen and oxygen atoms in total. The first-order chi connectivity index (χ1) is 12.3. The molecule has 1 aliphatic rings. The Bertz CT molecular complexity index is 894. The van der Waals surface area contributed by atoms with Gasteiger partial charge < -0.3 is 10.1 Å². The fraction of sp³-hybridized carbons (Fsp3) is 0.316. The second-order valence-corrected chi connectivity index (χ2v) is 8.37. The highest BCUT2D eigenvalue weighted by Crippen LogP contribution is 2.25. The average Bonchev–Trinajstić information content (AvgIpc) is 2.95. The number of anilines is 2. The second kappa shape index (κ2) is 7.37. The van der Waals surface area contributed by atoms with Gasteiger partial charge in [-0.1, -0.05) is 12.1 Å². The Morgan fingerprint density at radius 3 is 2.54 bits per heavy atom. The van der Waals surface area contributed by atoms with Crippen LogP contribution < -0.4 is 14.4 Å². The van der Waals surface area contributed by atoms with E-state index in [1.807, 2.05) is 31.2 Å². The molecule has 1 unspecified atom stereocenters. The van der Waals surface area contributed by atoms with Gasteiger partial charge in [0.25, 0.3) is 5.91 Å². The lowest BCUT2D eigenvalue weighted by molar-refractivity contribution is -0.122. The number of nitrogens with one attached hydrogen (secondary N) is 1. The smallest absolute Gasteiger partial charge is 0.265 e. The van der Waals surface area contributed by atoms with Gasteiger partial charge in [0.1, 0.15) is 5.75 Å². The molecule has 26 heavy (non-hydrogen) atoms. The van der Waals surface area contributed by atoms with Crippen LogP contribution in [0.2, 0.25) is 0 Å². The normalized spacial score (nSPS) is 16.9. The summed E-state index contributed by atoms with van der Waals surface area (Å²) in [6.07, 6.45) is -0.0234. The van der Waals surface area contributed by atoms with E-state index in [4.69, 9.17) is 4.74 Å². The number of benzene rings is 2. The van der Waals surface area contributed by atoms with E-state index in [0.29, 0.717) is 30.1 Å². The molecule has 2 aromatic carbocycles. The van der Waals surface area contributed by atoms with Crippen LogP contribution in [0.25, 0.3) is 0 Å². The zero-order valence-corrected chi connectivity index (χ0v) is 15.6. The Balaban J connectivity index is 1.62. The predicted octanol–water partition coefficient (Wildman–Crippen LogP) is 2.94. The van der Waals surface area contributed by atoms with Crippen molar-refractivity contribution in [3.05, 3.63) is 54.1 Å². The standard InChI is InChI=1S/C19H22N2O4S/c1-14-5-3-6-18(13-14)25-15(2)19(22)20-16-7-9-17(10-8-16)21-11-4-12-26(21,23)24/h3,5-10,13,15H,4,11-12H2,1-2H3,(H,20,22). The summed E-state index contributed by atoms with van der Waals surface area (Å²) in [7, 11) is -3.20. The summed E-state index contributed by atoms with van der Waals surface area (Å²) in [6.45, 7) is 4.14. The van der Waals surface area contributed by atoms with Gasteiger partial charge in [0, 0.05) is 12.2 Å². The van der Waals surface area contributed by atoms with Crippen LogP contribution in [0.5, 0.6) is 5.75 Å². The molecule has 1 atom stereocenters. The van der Waals surface area contributed by atoms with Crippen molar-refractivity contribution in [2.75, 3.05) is 21.9 Å². The van der Waals surface area contributed by atoms with E-state index in [1.54, 1.807) is 31.2 Å². The summed E-state index contributed by atoms with van der Waals surface area (Å²) in [5.74, 6) is 0.550. The lowest BCUT2D eigenvalue weighted by Crippen LogP contribution is -2.30. The van der Waals surface area contributed by atoms with E-state index in [1.165, 1.54) is 4.31 Å². The van der Waals surface area contributed by atoms with Crippen molar-refractivity contribution in [1.82, 2.24) is 0 Å². The van der Waals surface area contributed by atoms with Crippen molar-refractivity contribution in [1.29, 1.82) is 0 Å². The van der Waals surface area contributed by atoms with Crippen molar-refractivity contribution < 1.29 is 17.9 Å². The third-order valence-corrected chi connectivity index (χ3v) is 6.06. The van der Waals surface area contributed by atoms with Crippen LogP contribution in [0.15, 0.2) is 48.5 Å². The molecule has 0 bridgehead atoms. The minimum Gasteiger partial charge on any atom is -0.481 e. The number of sulfonamides is 1. The molecule has 0 saturated carbocycles. The van der Waals surface area contributed by atoms with Crippen molar-refractivity contribution in [2.45, 2.75) is 26.4 Å². The van der Waals surface area contributed by atoms with Crippen molar-refractivity contribution in [2.24, 2.45) is 0 Å². The lowest BCUT2D eigenvalue weighted by atomic mass is 10.2. The molecule has 0 aliphatic carbocycles. The number of rotatable bonds is 5. The summed E-state index contributed by atoms with van der Waals surface area (Å²) in [5.41, 5.74) is 2.27. The van der Waals surface area contributed by atoms with Crippen LogP contribution in [0.3, 0.4) is 0 Å². The summed E-state index contributed by atoms with van der Waals surface area (Å²) in [4.78, 5) is 12.3. The first-order valence-corrected chi connectivity index (χ1v) is 10.1. The Kier molecular flexibility index (Phi) is 5.18. The number of ether oxygens (including phenoxy) is 1. The minimum atomic E-state index is -3.20. The summed E-state index contributed by atoms with van der Waals surface area (Å²) in [6, 6.07) is 14.3. The predicted molar refractivity (Wildman–Crippen MR) is 102 cm³/mol. The molecular formula is C19H22N2O4S. The Labute approximate surface area is 153 Å². The van der Waals surface area contributed by atoms with Gasteiger partial charge in [-0.05, 0) is 62.2 Å². The topological polar surface area (TPSA) is 75.7 Å². The maximum absolute atomic E-state index is 12.3. The Hall–Kier alpha value is -2.54. The molecule has 1 aliphatic heterocycles. The van der Waals surface area contributed by atoms with Gasteiger partial charge in [-0.15, -0.1) is 0 Å². The number of aryl methyl sites for hydroxylation is 1. The quantitative estimate of drug-likeness (QED) is 0.873. The zero-order valence-electron chi connectivity index (χ0n) is 14.8. The molecule has 0 radical (unpaired) electrons. The van der Waals surface area contributed by atoms with Gasteiger partial charge in [-0.25, -0.2) is 8.42 Å². The highest BCUT2D eigenvalue weighted by molar-refractivity contribution is 7.93. The zero-order chi connectivity index (χ0) is 18.7. The largest absolute Gasteiger partial charge is 0.481 e. The van der Waals surface area contributed by atoms with E-state index in [9.17, 15) is 13.2 Å². The number of carbonyl (C=O) groups excluding carboxylic acids is 1. The van der Waals surface area contributed by atoms with Crippen LogP contribution >= 0.6 is 0 Å². The third-order valence-electron chi connectivity index (χ3n) is 4.19. The van der Waals surface area contributed by atoms with Gasteiger partial charge in [-0.3, -0.25) is 9.10 Å². The molecule has 0 spiro atoms. The number of hydrogen-bond donors (Lipinski definition) is 1. The maximum Gasteiger partial charge on any atom is 0.265 e. The summed E-state index contributed by atoms with van der Waals surface area (Å²) in [5, 5.41) is 2.78. The number of carbonyl (C=O) groups is 1. The number of hydrogen-bond acceptors (Lipinski definition) is 4. The highest BCUT2D eigenvalue weighted by atomic mass is 32.2. The maximum atomic E-state index is 12.3. The van der Waals surface area contributed by atoms with Gasteiger partial charge >= 0.3 is 0 Å². The highest BCUT2D eigenvalue weighted by Gasteiger charge is 2.28. The van der Waals surface area contributed by atoms with E-state index in [-0.39, 0.29) is 11.7 Å². The van der Waals surface area contributed by atoms with E-state index in [0.717, 1.165) is 5.56 Å². The van der Waals surface area contributed by atoms with E-state index in [2.05, 4.69) is 5.32 Å². The van der Waals surface area contributed by atoms with Gasteiger partial charge in [0.15, 0.2) is 6.10 Å². The van der Waals surface area contributed by atoms with Crippen LogP contribution in [-0.4, -0.2) is 32.7 Å². The number of amides is 1. The van der Waals surface area contributed by atoms with E-state index < -0.39 is 16.1 Å². The molecule has 1 fully saturated rings. The molecule has 1 saturated heterocycles. The first-order valence-electron chi connectivity index (χ1n) is 8.50. The molecule has 3 rings (SSSR count). The second-order valence-electron chi connectivity index (χ2n) is 6.35. The van der Waals surface area contributed by atoms with Crippen LogP contribution in [0.1, 0.15) is 18.9 Å². The average molecular weight is 374 g/mol. The van der Waals surface area contributed by atoms with E-state index >= 15 is 0 Å². The fourth-order valence-electron chi connectivity index (χ4n) is 2.83. The monoisotopic (exact) mass is 374 g/mol. The molecule has 7 heteroatoms. The van der Waals surface area contributed by atoms with Crippen molar-refractivity contribution in [3.8, 4) is 5.75 Å². The Morgan fingerprint density at radius 1 is 1.19 bits per heavy atom. The molecule has 0 aromatic heterocycles. The number of nitrogens with zero attached hydrogens (tertiary/aromatic N) is 1. The van der Waals surface area contributed by atoms with Gasteiger partial charge in [0.05, 0.1) is 11.4 Å². The SMILES string of the molecule is Cc1cccc(OC(C)C(=O)Nc2ccc(N3CCCS3(=O)=O)cc2)c1. The molecule has 1 amide bonds. The molecule has 1 heterocycles.